The number of carbonyl (C=O) groups excluding carboxylic acids is 2. The second-order valence-electron chi connectivity index (χ2n) is 12.5. The molecular weight excluding hydrogens is 699 g/mol. The first-order valence-electron chi connectivity index (χ1n) is 16.6. The maximum absolute atomic E-state index is 11.9. The Morgan fingerprint density at radius 1 is 0.920 bits per heavy atom. The van der Waals surface area contributed by atoms with Gasteiger partial charge in [-0.25, -0.2) is 9.97 Å². The summed E-state index contributed by atoms with van der Waals surface area (Å²) in [5.41, 5.74) is 5.32. The van der Waals surface area contributed by atoms with Crippen LogP contribution in [0, 0.1) is 5.92 Å². The maximum atomic E-state index is 11.9. The molecule has 2 aliphatic rings. The highest BCUT2D eigenvalue weighted by Crippen LogP contribution is 2.42. The summed E-state index contributed by atoms with van der Waals surface area (Å²) < 4.78 is 10.6. The molecule has 2 aliphatic heterocycles. The van der Waals surface area contributed by atoms with Crippen LogP contribution in [0.25, 0.3) is 22.4 Å². The normalized spacial score (nSPS) is 16.7. The molecule has 0 saturated carbocycles. The lowest BCUT2D eigenvalue weighted by Gasteiger charge is -2.30. The number of nitrogens with zero attached hydrogens (tertiary/aromatic N) is 3. The second-order valence-corrected chi connectivity index (χ2v) is 13.6. The van der Waals surface area contributed by atoms with E-state index in [-0.39, 0.29) is 23.8 Å². The molecule has 2 fully saturated rings. The van der Waals surface area contributed by atoms with Crippen molar-refractivity contribution in [1.82, 2.24) is 25.5 Å². The second kappa shape index (κ2) is 16.4. The van der Waals surface area contributed by atoms with Crippen LogP contribution in [-0.2, 0) is 27.4 Å². The van der Waals surface area contributed by atoms with Crippen LogP contribution in [0.1, 0.15) is 36.8 Å². The van der Waals surface area contributed by atoms with Gasteiger partial charge in [-0.2, -0.15) is 0 Å². The van der Waals surface area contributed by atoms with Crippen LogP contribution in [-0.4, -0.2) is 66.6 Å². The Hall–Kier alpha value is -3.93. The monoisotopic (exact) mass is 736 g/mol. The predicted molar refractivity (Wildman–Crippen MR) is 197 cm³/mol. The van der Waals surface area contributed by atoms with Crippen LogP contribution < -0.4 is 20.7 Å². The standard InChI is InChI=1S/C37H39Cl3N6O4/c1-49-36-23(19-41-20-25-10-12-31(47)43-25)9-11-29(45-36)28-7-3-5-26(33(28)39)27-6-4-8-30(34(27)40)44-35-32(38)24(13-16-42-35)21-46-17-14-22(15-18-46)37(48)50-2/h3-9,11,13,16,22,25,41H,10,12,14-15,17-21H2,1-2H3,(H,42,44)(H,43,47). The van der Waals surface area contributed by atoms with Gasteiger partial charge >= 0.3 is 5.97 Å². The summed E-state index contributed by atoms with van der Waals surface area (Å²) in [4.78, 5) is 35.0. The van der Waals surface area contributed by atoms with Gasteiger partial charge in [0.2, 0.25) is 11.8 Å². The number of benzene rings is 2. The third-order valence-electron chi connectivity index (χ3n) is 9.23. The lowest BCUT2D eigenvalue weighted by molar-refractivity contribution is -0.147. The van der Waals surface area contributed by atoms with E-state index in [0.717, 1.165) is 60.2 Å². The molecular formula is C37H39Cl3N6O4. The summed E-state index contributed by atoms with van der Waals surface area (Å²) >= 11 is 21.0. The van der Waals surface area contributed by atoms with Gasteiger partial charge in [0.25, 0.3) is 0 Å². The Morgan fingerprint density at radius 2 is 1.66 bits per heavy atom. The molecule has 0 aliphatic carbocycles. The molecule has 0 radical (unpaired) electrons. The van der Waals surface area contributed by atoms with Gasteiger partial charge in [-0.1, -0.05) is 71.2 Å². The number of hydrogen-bond acceptors (Lipinski definition) is 9. The van der Waals surface area contributed by atoms with E-state index >= 15 is 0 Å². The smallest absolute Gasteiger partial charge is 0.308 e. The van der Waals surface area contributed by atoms with E-state index in [1.165, 1.54) is 7.11 Å². The van der Waals surface area contributed by atoms with Gasteiger partial charge in [0.1, 0.15) is 5.82 Å². The number of piperidine rings is 1. The summed E-state index contributed by atoms with van der Waals surface area (Å²) in [6.45, 7) is 3.41. The van der Waals surface area contributed by atoms with E-state index in [1.54, 1.807) is 13.3 Å². The molecule has 0 bridgehead atoms. The first-order chi connectivity index (χ1) is 24.2. The van der Waals surface area contributed by atoms with Crippen LogP contribution in [0.15, 0.2) is 60.8 Å². The first-order valence-corrected chi connectivity index (χ1v) is 17.7. The number of esters is 1. The Balaban J connectivity index is 1.17. The number of anilines is 2. The van der Waals surface area contributed by atoms with Gasteiger partial charge in [0, 0.05) is 60.5 Å². The van der Waals surface area contributed by atoms with Crippen molar-refractivity contribution in [2.75, 3.05) is 39.2 Å². The number of pyridine rings is 2. The van der Waals surface area contributed by atoms with E-state index in [1.807, 2.05) is 54.6 Å². The number of ether oxygens (including phenoxy) is 2. The van der Waals surface area contributed by atoms with Gasteiger partial charge < -0.3 is 25.4 Å². The van der Waals surface area contributed by atoms with Crippen molar-refractivity contribution >= 4 is 58.2 Å². The molecule has 10 nitrogen and oxygen atoms in total. The zero-order chi connectivity index (χ0) is 35.2. The van der Waals surface area contributed by atoms with Crippen LogP contribution >= 0.6 is 34.8 Å². The molecule has 4 aromatic rings. The summed E-state index contributed by atoms with van der Waals surface area (Å²) in [6.07, 6.45) is 4.63. The highest BCUT2D eigenvalue weighted by molar-refractivity contribution is 6.39. The molecule has 13 heteroatoms. The van der Waals surface area contributed by atoms with E-state index < -0.39 is 0 Å². The minimum Gasteiger partial charge on any atom is -0.481 e. The van der Waals surface area contributed by atoms with Gasteiger partial charge in [-0.05, 0) is 56.1 Å². The molecule has 4 heterocycles. The highest BCUT2D eigenvalue weighted by atomic mass is 35.5. The number of nitrogens with one attached hydrogen (secondary N) is 3. The molecule has 262 valence electrons. The van der Waals surface area contributed by atoms with Crippen molar-refractivity contribution in [3.63, 3.8) is 0 Å². The Bertz CT molecular complexity index is 1870. The third-order valence-corrected chi connectivity index (χ3v) is 10.5. The van der Waals surface area contributed by atoms with Crippen LogP contribution in [0.3, 0.4) is 0 Å². The van der Waals surface area contributed by atoms with Crippen molar-refractivity contribution in [3.8, 4) is 28.3 Å². The van der Waals surface area contributed by atoms with E-state index in [2.05, 4.69) is 25.8 Å². The predicted octanol–water partition coefficient (Wildman–Crippen LogP) is 7.28. The SMILES string of the molecule is COC(=O)C1CCN(Cc2ccnc(Nc3cccc(-c4cccc(-c5ccc(CNCC6CCC(=O)N6)c(OC)n5)c4Cl)c3Cl)c2Cl)CC1. The number of aromatic nitrogens is 2. The third kappa shape index (κ3) is 8.16. The van der Waals surface area contributed by atoms with Crippen LogP contribution in [0.5, 0.6) is 5.88 Å². The quantitative estimate of drug-likeness (QED) is 0.129. The summed E-state index contributed by atoms with van der Waals surface area (Å²) in [5, 5.41) is 11.2. The van der Waals surface area contributed by atoms with E-state index in [9.17, 15) is 9.59 Å². The lowest BCUT2D eigenvalue weighted by atomic mass is 9.97. The van der Waals surface area contributed by atoms with Crippen molar-refractivity contribution < 1.29 is 19.1 Å². The molecule has 2 saturated heterocycles. The highest BCUT2D eigenvalue weighted by Gasteiger charge is 2.26. The van der Waals surface area contributed by atoms with Gasteiger partial charge in [-0.3, -0.25) is 14.5 Å². The van der Waals surface area contributed by atoms with Gasteiger partial charge in [0.15, 0.2) is 0 Å². The fourth-order valence-corrected chi connectivity index (χ4v) is 7.29. The number of amides is 1. The Labute approximate surface area is 306 Å². The fraction of sp³-hybridized carbons (Fsp3) is 0.351. The molecule has 1 amide bonds. The number of rotatable bonds is 12. The zero-order valence-corrected chi connectivity index (χ0v) is 30.2. The Morgan fingerprint density at radius 3 is 2.38 bits per heavy atom. The lowest BCUT2D eigenvalue weighted by Crippen LogP contribution is -2.36. The number of hydrogen-bond donors (Lipinski definition) is 3. The van der Waals surface area contributed by atoms with Crippen molar-refractivity contribution in [1.29, 1.82) is 0 Å². The summed E-state index contributed by atoms with van der Waals surface area (Å²) in [7, 11) is 3.03. The molecule has 1 atom stereocenters. The maximum Gasteiger partial charge on any atom is 0.308 e. The van der Waals surface area contributed by atoms with Gasteiger partial charge in [-0.15, -0.1) is 0 Å². The van der Waals surface area contributed by atoms with Crippen LogP contribution in [0.2, 0.25) is 15.1 Å². The van der Waals surface area contributed by atoms with Crippen LogP contribution in [0.4, 0.5) is 11.5 Å². The minimum absolute atomic E-state index is 0.0586. The largest absolute Gasteiger partial charge is 0.481 e. The molecule has 2 aromatic heterocycles. The molecule has 6 rings (SSSR count). The molecule has 50 heavy (non-hydrogen) atoms. The number of likely N-dealkylation sites (tertiary alicyclic amines) is 1. The molecule has 0 spiro atoms. The van der Waals surface area contributed by atoms with E-state index in [0.29, 0.717) is 64.2 Å². The Kier molecular flexibility index (Phi) is 11.8. The van der Waals surface area contributed by atoms with Crippen molar-refractivity contribution in [2.24, 2.45) is 5.92 Å². The molecule has 2 aromatic carbocycles. The number of carbonyl (C=O) groups is 2. The summed E-state index contributed by atoms with van der Waals surface area (Å²) in [6, 6.07) is 17.4. The number of halogens is 3. The van der Waals surface area contributed by atoms with Gasteiger partial charge in [0.05, 0.1) is 46.6 Å². The van der Waals surface area contributed by atoms with Crippen molar-refractivity contribution in [2.45, 2.75) is 44.8 Å². The number of methoxy groups -OCH3 is 2. The van der Waals surface area contributed by atoms with Crippen molar-refractivity contribution in [3.05, 3.63) is 87.0 Å². The average molecular weight is 738 g/mol. The molecule has 1 unspecified atom stereocenters. The molecule has 3 N–H and O–H groups in total. The fourth-order valence-electron chi connectivity index (χ4n) is 6.47. The topological polar surface area (TPSA) is 118 Å². The summed E-state index contributed by atoms with van der Waals surface area (Å²) in [5.74, 6) is 0.878. The average Bonchev–Trinajstić information content (AvgIpc) is 3.55. The van der Waals surface area contributed by atoms with E-state index in [4.69, 9.17) is 49.3 Å². The zero-order valence-electron chi connectivity index (χ0n) is 27.9. The first kappa shape index (κ1) is 35.9. The minimum atomic E-state index is -0.145.